The lowest BCUT2D eigenvalue weighted by atomic mass is 10.0. The maximum absolute atomic E-state index is 12.2. The molecule has 0 aliphatic heterocycles. The second-order valence-electron chi connectivity index (χ2n) is 6.36. The zero-order valence-electron chi connectivity index (χ0n) is 15.7. The van der Waals surface area contributed by atoms with Crippen LogP contribution in [0.25, 0.3) is 0 Å². The molecule has 6 nitrogen and oxygen atoms in total. The molecule has 0 radical (unpaired) electrons. The third kappa shape index (κ3) is 6.26. The monoisotopic (exact) mass is 368 g/mol. The summed E-state index contributed by atoms with van der Waals surface area (Å²) in [7, 11) is 0. The van der Waals surface area contributed by atoms with Gasteiger partial charge in [0.2, 0.25) is 5.91 Å². The molecule has 2 rings (SSSR count). The maximum atomic E-state index is 12.2. The van der Waals surface area contributed by atoms with Gasteiger partial charge in [0.05, 0.1) is 5.56 Å². The van der Waals surface area contributed by atoms with Crippen molar-refractivity contribution in [1.82, 2.24) is 5.32 Å². The fourth-order valence-corrected chi connectivity index (χ4v) is 2.47. The minimum atomic E-state index is -0.907. The Labute approximate surface area is 158 Å². The first-order chi connectivity index (χ1) is 12.9. The number of benzene rings is 2. The molecule has 27 heavy (non-hydrogen) atoms. The van der Waals surface area contributed by atoms with E-state index >= 15 is 0 Å². The van der Waals surface area contributed by atoms with Crippen LogP contribution in [0.5, 0.6) is 0 Å². The normalized spacial score (nSPS) is 12.6. The SMILES string of the molecule is CC(=O)Nc1ccc(C(=O)O[C@@H](C)C(=O)NC[C@H](C)c2ccccc2)cc1. The molecule has 0 bridgehead atoms. The summed E-state index contributed by atoms with van der Waals surface area (Å²) in [5.41, 5.74) is 2.02. The Balaban J connectivity index is 1.84. The van der Waals surface area contributed by atoms with Crippen LogP contribution in [0.3, 0.4) is 0 Å². The van der Waals surface area contributed by atoms with Gasteiger partial charge in [-0.05, 0) is 42.7 Å². The van der Waals surface area contributed by atoms with Crippen LogP contribution in [0, 0.1) is 0 Å². The van der Waals surface area contributed by atoms with E-state index < -0.39 is 12.1 Å². The van der Waals surface area contributed by atoms with E-state index in [1.54, 1.807) is 12.1 Å². The molecule has 0 aromatic heterocycles. The first kappa shape index (κ1) is 20.2. The number of carbonyl (C=O) groups is 3. The number of hydrogen-bond donors (Lipinski definition) is 2. The second kappa shape index (κ2) is 9.52. The van der Waals surface area contributed by atoms with Crippen molar-refractivity contribution in [2.75, 3.05) is 11.9 Å². The van der Waals surface area contributed by atoms with Gasteiger partial charge in [-0.3, -0.25) is 9.59 Å². The molecule has 0 aliphatic carbocycles. The fraction of sp³-hybridized carbons (Fsp3) is 0.286. The summed E-state index contributed by atoms with van der Waals surface area (Å²) in [5.74, 6) is -0.983. The first-order valence-electron chi connectivity index (χ1n) is 8.78. The number of ether oxygens (including phenoxy) is 1. The molecule has 2 atom stereocenters. The minimum absolute atomic E-state index is 0.152. The summed E-state index contributed by atoms with van der Waals surface area (Å²) in [4.78, 5) is 35.4. The number of amides is 2. The van der Waals surface area contributed by atoms with E-state index in [2.05, 4.69) is 10.6 Å². The maximum Gasteiger partial charge on any atom is 0.338 e. The summed E-state index contributed by atoms with van der Waals surface area (Å²) in [6, 6.07) is 16.1. The van der Waals surface area contributed by atoms with E-state index in [-0.39, 0.29) is 17.7 Å². The molecule has 2 amide bonds. The van der Waals surface area contributed by atoms with Crippen LogP contribution in [0.4, 0.5) is 5.69 Å². The van der Waals surface area contributed by atoms with Crippen molar-refractivity contribution >= 4 is 23.5 Å². The summed E-state index contributed by atoms with van der Waals surface area (Å²) in [6.07, 6.45) is -0.907. The van der Waals surface area contributed by atoms with Crippen LogP contribution in [-0.4, -0.2) is 30.4 Å². The molecule has 6 heteroatoms. The molecule has 0 aliphatic rings. The third-order valence-corrected chi connectivity index (χ3v) is 4.05. The van der Waals surface area contributed by atoms with Crippen molar-refractivity contribution in [3.8, 4) is 0 Å². The average molecular weight is 368 g/mol. The molecule has 2 aromatic rings. The van der Waals surface area contributed by atoms with Crippen LogP contribution < -0.4 is 10.6 Å². The summed E-state index contributed by atoms with van der Waals surface area (Å²) < 4.78 is 5.22. The Bertz CT molecular complexity index is 788. The Morgan fingerprint density at radius 1 is 0.963 bits per heavy atom. The quantitative estimate of drug-likeness (QED) is 0.736. The number of rotatable bonds is 7. The van der Waals surface area contributed by atoms with Crippen LogP contribution in [0.15, 0.2) is 54.6 Å². The van der Waals surface area contributed by atoms with Crippen molar-refractivity contribution < 1.29 is 19.1 Å². The van der Waals surface area contributed by atoms with Gasteiger partial charge in [0, 0.05) is 19.2 Å². The van der Waals surface area contributed by atoms with E-state index in [0.29, 0.717) is 17.8 Å². The van der Waals surface area contributed by atoms with Crippen LogP contribution in [0.1, 0.15) is 42.6 Å². The Morgan fingerprint density at radius 2 is 1.59 bits per heavy atom. The van der Waals surface area contributed by atoms with Gasteiger partial charge in [0.15, 0.2) is 6.10 Å². The van der Waals surface area contributed by atoms with Gasteiger partial charge in [0.1, 0.15) is 0 Å². The van der Waals surface area contributed by atoms with Gasteiger partial charge in [0.25, 0.3) is 5.91 Å². The zero-order valence-corrected chi connectivity index (χ0v) is 15.7. The number of nitrogens with one attached hydrogen (secondary N) is 2. The molecule has 2 N–H and O–H groups in total. The van der Waals surface area contributed by atoms with E-state index in [4.69, 9.17) is 4.74 Å². The molecule has 0 saturated carbocycles. The highest BCUT2D eigenvalue weighted by molar-refractivity contribution is 5.93. The largest absolute Gasteiger partial charge is 0.449 e. The number of hydrogen-bond acceptors (Lipinski definition) is 4. The molecule has 0 fully saturated rings. The van der Waals surface area contributed by atoms with Crippen molar-refractivity contribution in [3.05, 3.63) is 65.7 Å². The van der Waals surface area contributed by atoms with Crippen LogP contribution >= 0.6 is 0 Å². The van der Waals surface area contributed by atoms with Gasteiger partial charge in [-0.25, -0.2) is 4.79 Å². The molecule has 0 saturated heterocycles. The Morgan fingerprint density at radius 3 is 2.19 bits per heavy atom. The van der Waals surface area contributed by atoms with Gasteiger partial charge in [-0.15, -0.1) is 0 Å². The lowest BCUT2D eigenvalue weighted by Gasteiger charge is -2.16. The van der Waals surface area contributed by atoms with E-state index in [9.17, 15) is 14.4 Å². The lowest BCUT2D eigenvalue weighted by molar-refractivity contribution is -0.129. The van der Waals surface area contributed by atoms with E-state index in [0.717, 1.165) is 5.56 Å². The first-order valence-corrected chi connectivity index (χ1v) is 8.78. The Kier molecular flexibility index (Phi) is 7.11. The fourth-order valence-electron chi connectivity index (χ4n) is 2.47. The van der Waals surface area contributed by atoms with Gasteiger partial charge < -0.3 is 15.4 Å². The van der Waals surface area contributed by atoms with Gasteiger partial charge >= 0.3 is 5.97 Å². The zero-order chi connectivity index (χ0) is 19.8. The van der Waals surface area contributed by atoms with Crippen molar-refractivity contribution in [1.29, 1.82) is 0 Å². The predicted molar refractivity (Wildman–Crippen MR) is 103 cm³/mol. The highest BCUT2D eigenvalue weighted by Crippen LogP contribution is 2.14. The minimum Gasteiger partial charge on any atom is -0.449 e. The van der Waals surface area contributed by atoms with Gasteiger partial charge in [-0.1, -0.05) is 37.3 Å². The standard InChI is InChI=1S/C21H24N2O4/c1-14(17-7-5-4-6-8-17)13-22-20(25)15(2)27-21(26)18-9-11-19(12-10-18)23-16(3)24/h4-12,14-15H,13H2,1-3H3,(H,22,25)(H,23,24)/t14-,15-/m0/s1. The summed E-state index contributed by atoms with van der Waals surface area (Å²) >= 11 is 0. The molecule has 142 valence electrons. The van der Waals surface area contributed by atoms with E-state index in [1.165, 1.54) is 26.0 Å². The highest BCUT2D eigenvalue weighted by Gasteiger charge is 2.19. The number of esters is 1. The number of carbonyl (C=O) groups excluding carboxylic acids is 3. The van der Waals surface area contributed by atoms with E-state index in [1.807, 2.05) is 37.3 Å². The molecule has 0 heterocycles. The predicted octanol–water partition coefficient (Wildman–Crippen LogP) is 3.11. The second-order valence-corrected chi connectivity index (χ2v) is 6.36. The lowest BCUT2D eigenvalue weighted by Crippen LogP contribution is -2.37. The topological polar surface area (TPSA) is 84.5 Å². The molecule has 2 aromatic carbocycles. The van der Waals surface area contributed by atoms with Gasteiger partial charge in [-0.2, -0.15) is 0 Å². The number of anilines is 1. The van der Waals surface area contributed by atoms with Crippen LogP contribution in [-0.2, 0) is 14.3 Å². The summed E-state index contributed by atoms with van der Waals surface area (Å²) in [5, 5.41) is 5.42. The summed E-state index contributed by atoms with van der Waals surface area (Å²) in [6.45, 7) is 5.41. The van der Waals surface area contributed by atoms with Crippen molar-refractivity contribution in [2.45, 2.75) is 32.8 Å². The molecule has 0 unspecified atom stereocenters. The average Bonchev–Trinajstić information content (AvgIpc) is 2.66. The van der Waals surface area contributed by atoms with Crippen molar-refractivity contribution in [3.63, 3.8) is 0 Å². The molecular formula is C21H24N2O4. The molecule has 0 spiro atoms. The highest BCUT2D eigenvalue weighted by atomic mass is 16.5. The Hall–Kier alpha value is -3.15. The molecular weight excluding hydrogens is 344 g/mol. The van der Waals surface area contributed by atoms with Crippen molar-refractivity contribution in [2.24, 2.45) is 0 Å². The third-order valence-electron chi connectivity index (χ3n) is 4.05. The smallest absolute Gasteiger partial charge is 0.338 e. The van der Waals surface area contributed by atoms with Crippen LogP contribution in [0.2, 0.25) is 0 Å².